The van der Waals surface area contributed by atoms with Crippen LogP contribution in [0.1, 0.15) is 25.7 Å². The number of nitrogens with one attached hydrogen (secondary N) is 1. The third-order valence-electron chi connectivity index (χ3n) is 5.33. The number of carbonyl (C=O) groups is 3. The first-order chi connectivity index (χ1) is 13.7. The molecule has 1 aromatic rings. The summed E-state index contributed by atoms with van der Waals surface area (Å²) in [5.41, 5.74) is -1.15. The minimum absolute atomic E-state index is 0.106. The molecule has 0 bridgehead atoms. The Balaban J connectivity index is 1.80. The largest absolute Gasteiger partial charge is 0.468 e. The zero-order chi connectivity index (χ0) is 21.2. The Morgan fingerprint density at radius 1 is 1.17 bits per heavy atom. The molecule has 1 atom stereocenters. The standard InChI is InChI=1S/C18H22ClN3O6S/c1-28-15(23)12-21-10-2-8-18(16(21)24)9-3-11-22(18)17(25)20-29(26,27)14-6-4-13(19)5-7-14/h4-7H,2-3,8-12H2,1H3,(H,20,25). The highest BCUT2D eigenvalue weighted by Crippen LogP contribution is 2.38. The number of nitrogens with zero attached hydrogens (tertiary/aromatic N) is 2. The molecule has 1 aromatic carbocycles. The lowest BCUT2D eigenvalue weighted by Gasteiger charge is -2.43. The van der Waals surface area contributed by atoms with Gasteiger partial charge in [-0.1, -0.05) is 11.6 Å². The average Bonchev–Trinajstić information content (AvgIpc) is 3.10. The van der Waals surface area contributed by atoms with Crippen molar-refractivity contribution < 1.29 is 27.5 Å². The molecule has 0 saturated carbocycles. The van der Waals surface area contributed by atoms with Gasteiger partial charge in [0.25, 0.3) is 10.0 Å². The van der Waals surface area contributed by atoms with Gasteiger partial charge in [-0.25, -0.2) is 17.9 Å². The number of hydrogen-bond donors (Lipinski definition) is 1. The van der Waals surface area contributed by atoms with Gasteiger partial charge in [-0.05, 0) is 49.9 Å². The molecule has 2 heterocycles. The van der Waals surface area contributed by atoms with Gasteiger partial charge in [0, 0.05) is 18.1 Å². The van der Waals surface area contributed by atoms with Gasteiger partial charge in [0.15, 0.2) is 0 Å². The van der Waals surface area contributed by atoms with Gasteiger partial charge < -0.3 is 14.5 Å². The van der Waals surface area contributed by atoms with Gasteiger partial charge in [-0.2, -0.15) is 0 Å². The van der Waals surface area contributed by atoms with Crippen LogP contribution in [0, 0.1) is 0 Å². The van der Waals surface area contributed by atoms with Crippen LogP contribution in [0.3, 0.4) is 0 Å². The van der Waals surface area contributed by atoms with Crippen molar-refractivity contribution in [2.45, 2.75) is 36.1 Å². The van der Waals surface area contributed by atoms with E-state index < -0.39 is 27.6 Å². The second-order valence-corrected chi connectivity index (χ2v) is 9.18. The van der Waals surface area contributed by atoms with E-state index in [2.05, 4.69) is 4.74 Å². The number of carbonyl (C=O) groups excluding carboxylic acids is 3. The lowest BCUT2D eigenvalue weighted by atomic mass is 9.85. The maximum atomic E-state index is 13.1. The van der Waals surface area contributed by atoms with Crippen molar-refractivity contribution in [2.24, 2.45) is 0 Å². The Morgan fingerprint density at radius 3 is 2.41 bits per heavy atom. The van der Waals surface area contributed by atoms with Gasteiger partial charge in [0.2, 0.25) is 5.91 Å². The van der Waals surface area contributed by atoms with E-state index in [1.807, 2.05) is 4.72 Å². The van der Waals surface area contributed by atoms with Crippen molar-refractivity contribution in [3.05, 3.63) is 29.3 Å². The SMILES string of the molecule is COC(=O)CN1CCCC2(CCCN2C(=O)NS(=O)(=O)c2ccc(Cl)cc2)C1=O. The molecule has 1 N–H and O–H groups in total. The minimum Gasteiger partial charge on any atom is -0.468 e. The van der Waals surface area contributed by atoms with Crippen LogP contribution in [0.2, 0.25) is 5.02 Å². The number of rotatable bonds is 4. The first-order valence-electron chi connectivity index (χ1n) is 9.16. The number of ether oxygens (including phenoxy) is 1. The fourth-order valence-electron chi connectivity index (χ4n) is 3.94. The fraction of sp³-hybridized carbons (Fsp3) is 0.500. The number of hydrogen-bond acceptors (Lipinski definition) is 6. The fourth-order valence-corrected chi connectivity index (χ4v) is 5.01. The first-order valence-corrected chi connectivity index (χ1v) is 11.0. The molecule has 2 aliphatic heterocycles. The summed E-state index contributed by atoms with van der Waals surface area (Å²) in [7, 11) is -2.88. The zero-order valence-corrected chi connectivity index (χ0v) is 17.5. The highest BCUT2D eigenvalue weighted by atomic mass is 35.5. The van der Waals surface area contributed by atoms with Crippen LogP contribution in [0.4, 0.5) is 4.79 Å². The molecular formula is C18H22ClN3O6S. The Kier molecular flexibility index (Phi) is 6.04. The van der Waals surface area contributed by atoms with Crippen LogP contribution >= 0.6 is 11.6 Å². The van der Waals surface area contributed by atoms with Gasteiger partial charge in [0.05, 0.1) is 12.0 Å². The van der Waals surface area contributed by atoms with Crippen LogP contribution in [0.15, 0.2) is 29.2 Å². The predicted octanol–water partition coefficient (Wildman–Crippen LogP) is 1.37. The van der Waals surface area contributed by atoms with E-state index in [-0.39, 0.29) is 23.9 Å². The summed E-state index contributed by atoms with van der Waals surface area (Å²) < 4.78 is 31.8. The van der Waals surface area contributed by atoms with Gasteiger partial charge in [-0.3, -0.25) is 9.59 Å². The minimum atomic E-state index is -4.12. The number of urea groups is 1. The lowest BCUT2D eigenvalue weighted by molar-refractivity contribution is -0.154. The summed E-state index contributed by atoms with van der Waals surface area (Å²) in [6, 6.07) is 4.55. The third kappa shape index (κ3) is 4.18. The molecule has 0 radical (unpaired) electrons. The highest BCUT2D eigenvalue weighted by molar-refractivity contribution is 7.90. The Morgan fingerprint density at radius 2 is 1.79 bits per heavy atom. The maximum absolute atomic E-state index is 13.1. The number of methoxy groups -OCH3 is 1. The molecule has 0 aliphatic carbocycles. The molecule has 2 fully saturated rings. The Bertz CT molecular complexity index is 920. The summed E-state index contributed by atoms with van der Waals surface area (Å²) in [5, 5.41) is 0.368. The molecule has 11 heteroatoms. The van der Waals surface area contributed by atoms with Crippen molar-refractivity contribution in [3.8, 4) is 0 Å². The number of sulfonamides is 1. The molecule has 0 aromatic heterocycles. The normalized spacial score (nSPS) is 22.1. The van der Waals surface area contributed by atoms with Crippen LogP contribution in [-0.2, 0) is 24.3 Å². The van der Waals surface area contributed by atoms with Gasteiger partial charge in [-0.15, -0.1) is 0 Å². The highest BCUT2D eigenvalue weighted by Gasteiger charge is 2.53. The van der Waals surface area contributed by atoms with Gasteiger partial charge in [0.1, 0.15) is 12.1 Å². The molecule has 158 valence electrons. The number of halogens is 1. The van der Waals surface area contributed by atoms with Crippen LogP contribution in [0.25, 0.3) is 0 Å². The molecule has 3 amide bonds. The molecule has 3 rings (SSSR count). The van der Waals surface area contributed by atoms with Crippen LogP contribution < -0.4 is 4.72 Å². The van der Waals surface area contributed by atoms with Crippen LogP contribution in [0.5, 0.6) is 0 Å². The van der Waals surface area contributed by atoms with E-state index in [1.54, 1.807) is 0 Å². The van der Waals surface area contributed by atoms with E-state index in [0.29, 0.717) is 37.3 Å². The smallest absolute Gasteiger partial charge is 0.332 e. The first kappa shape index (κ1) is 21.4. The lowest BCUT2D eigenvalue weighted by Crippen LogP contribution is -2.63. The third-order valence-corrected chi connectivity index (χ3v) is 6.92. The van der Waals surface area contributed by atoms with E-state index in [0.717, 1.165) is 0 Å². The summed E-state index contributed by atoms with van der Waals surface area (Å²) in [5.74, 6) is -0.902. The molecule has 29 heavy (non-hydrogen) atoms. The number of benzene rings is 1. The molecule has 2 saturated heterocycles. The van der Waals surface area contributed by atoms with E-state index in [4.69, 9.17) is 11.6 Å². The second kappa shape index (κ2) is 8.19. The molecule has 1 unspecified atom stereocenters. The topological polar surface area (TPSA) is 113 Å². The van der Waals surface area contributed by atoms with Crippen molar-refractivity contribution in [2.75, 3.05) is 26.7 Å². The summed E-state index contributed by atoms with van der Waals surface area (Å²) >= 11 is 5.78. The zero-order valence-electron chi connectivity index (χ0n) is 15.9. The van der Waals surface area contributed by atoms with Crippen molar-refractivity contribution >= 4 is 39.5 Å². The van der Waals surface area contributed by atoms with Crippen molar-refractivity contribution in [3.63, 3.8) is 0 Å². The van der Waals surface area contributed by atoms with Crippen molar-refractivity contribution in [1.29, 1.82) is 0 Å². The summed E-state index contributed by atoms with van der Waals surface area (Å²) in [6.07, 6.45) is 1.98. The maximum Gasteiger partial charge on any atom is 0.332 e. The Hall–Kier alpha value is -2.33. The molecule has 2 aliphatic rings. The quantitative estimate of drug-likeness (QED) is 0.703. The van der Waals surface area contributed by atoms with Gasteiger partial charge >= 0.3 is 12.0 Å². The van der Waals surface area contributed by atoms with Crippen LogP contribution in [-0.4, -0.2) is 68.4 Å². The molecular weight excluding hydrogens is 422 g/mol. The summed E-state index contributed by atoms with van der Waals surface area (Å²) in [4.78, 5) is 40.1. The second-order valence-electron chi connectivity index (χ2n) is 7.06. The van der Waals surface area contributed by atoms with E-state index in [1.165, 1.54) is 41.2 Å². The Labute approximate surface area is 174 Å². The number of esters is 1. The average molecular weight is 444 g/mol. The van der Waals surface area contributed by atoms with E-state index in [9.17, 15) is 22.8 Å². The van der Waals surface area contributed by atoms with Crippen molar-refractivity contribution in [1.82, 2.24) is 14.5 Å². The predicted molar refractivity (Wildman–Crippen MR) is 104 cm³/mol. The number of amides is 3. The van der Waals surface area contributed by atoms with E-state index >= 15 is 0 Å². The number of likely N-dealkylation sites (tertiary alicyclic amines) is 2. The monoisotopic (exact) mass is 443 g/mol. The molecule has 1 spiro atoms. The number of piperidine rings is 1. The molecule has 9 nitrogen and oxygen atoms in total. The summed E-state index contributed by atoms with van der Waals surface area (Å²) in [6.45, 7) is 0.434.